The minimum absolute atomic E-state index is 0.128. The Morgan fingerprint density at radius 1 is 1.05 bits per heavy atom. The van der Waals surface area contributed by atoms with Gasteiger partial charge in [0, 0.05) is 50.9 Å². The first-order chi connectivity index (χ1) is 18.6. The molecule has 2 aliphatic heterocycles. The van der Waals surface area contributed by atoms with Crippen molar-refractivity contribution in [3.63, 3.8) is 0 Å². The second-order valence-corrected chi connectivity index (χ2v) is 9.80. The molecule has 0 saturated carbocycles. The molecule has 6 rings (SSSR count). The van der Waals surface area contributed by atoms with Crippen LogP contribution in [-0.4, -0.2) is 81.7 Å². The molecule has 4 heterocycles. The third-order valence-electron chi connectivity index (χ3n) is 7.25. The van der Waals surface area contributed by atoms with Crippen molar-refractivity contribution in [2.45, 2.75) is 26.1 Å². The Balaban J connectivity index is 1.27. The number of H-pyrrole nitrogens is 1. The number of aromatic nitrogens is 5. The van der Waals surface area contributed by atoms with Gasteiger partial charge in [0.05, 0.1) is 13.2 Å². The third kappa shape index (κ3) is 4.87. The number of tetrazole rings is 1. The number of rotatable bonds is 8. The number of fused-ring (bicyclic) bond motifs is 2. The summed E-state index contributed by atoms with van der Waals surface area (Å²) in [5.74, 6) is 2.24. The van der Waals surface area contributed by atoms with E-state index < -0.39 is 0 Å². The van der Waals surface area contributed by atoms with E-state index in [0.717, 1.165) is 60.7 Å². The van der Waals surface area contributed by atoms with E-state index in [1.807, 2.05) is 31.2 Å². The van der Waals surface area contributed by atoms with Crippen molar-refractivity contribution >= 4 is 10.9 Å². The highest BCUT2D eigenvalue weighted by Gasteiger charge is 2.32. The van der Waals surface area contributed by atoms with E-state index in [0.29, 0.717) is 24.5 Å². The van der Waals surface area contributed by atoms with Crippen LogP contribution in [-0.2, 0) is 17.8 Å². The lowest BCUT2D eigenvalue weighted by molar-refractivity contribution is 0.0984. The fourth-order valence-electron chi connectivity index (χ4n) is 5.26. The van der Waals surface area contributed by atoms with Gasteiger partial charge >= 0.3 is 0 Å². The predicted molar refractivity (Wildman–Crippen MR) is 140 cm³/mol. The van der Waals surface area contributed by atoms with Crippen LogP contribution in [0.3, 0.4) is 0 Å². The molecular formula is C27H31N7O4. The first-order valence-corrected chi connectivity index (χ1v) is 12.8. The fraction of sp³-hybridized carbons (Fsp3) is 0.407. The van der Waals surface area contributed by atoms with E-state index in [1.165, 1.54) is 5.56 Å². The molecule has 11 heteroatoms. The molecule has 38 heavy (non-hydrogen) atoms. The van der Waals surface area contributed by atoms with Gasteiger partial charge in [-0.05, 0) is 58.1 Å². The number of pyridine rings is 1. The van der Waals surface area contributed by atoms with Gasteiger partial charge in [-0.2, -0.15) is 0 Å². The molecule has 1 N–H and O–H groups in total. The molecule has 1 atom stereocenters. The molecule has 0 amide bonds. The number of hydrogen-bond acceptors (Lipinski definition) is 9. The third-order valence-corrected chi connectivity index (χ3v) is 7.25. The highest BCUT2D eigenvalue weighted by Crippen LogP contribution is 2.33. The Kier molecular flexibility index (Phi) is 6.79. The maximum absolute atomic E-state index is 13.4. The van der Waals surface area contributed by atoms with Crippen LogP contribution in [0.2, 0.25) is 0 Å². The van der Waals surface area contributed by atoms with Gasteiger partial charge in [-0.25, -0.2) is 4.68 Å². The number of aromatic amines is 1. The number of ether oxygens (including phenoxy) is 3. The largest absolute Gasteiger partial charge is 0.454 e. The zero-order valence-corrected chi connectivity index (χ0v) is 21.6. The summed E-state index contributed by atoms with van der Waals surface area (Å²) in [6, 6.07) is 13.8. The second-order valence-electron chi connectivity index (χ2n) is 9.80. The Labute approximate surface area is 219 Å². The van der Waals surface area contributed by atoms with Crippen molar-refractivity contribution in [1.29, 1.82) is 0 Å². The number of benzene rings is 2. The molecule has 198 valence electrons. The number of methoxy groups -OCH3 is 1. The number of aryl methyl sites for hydroxylation is 1. The summed E-state index contributed by atoms with van der Waals surface area (Å²) in [6.07, 6.45) is 0. The summed E-state index contributed by atoms with van der Waals surface area (Å²) >= 11 is 0. The Morgan fingerprint density at radius 2 is 1.89 bits per heavy atom. The zero-order valence-electron chi connectivity index (χ0n) is 21.6. The first kappa shape index (κ1) is 24.5. The van der Waals surface area contributed by atoms with Crippen LogP contribution >= 0.6 is 0 Å². The number of hydrogen-bond donors (Lipinski definition) is 1. The van der Waals surface area contributed by atoms with E-state index >= 15 is 0 Å². The fourth-order valence-corrected chi connectivity index (χ4v) is 5.26. The number of piperazine rings is 1. The number of nitrogens with one attached hydrogen (secondary N) is 1. The lowest BCUT2D eigenvalue weighted by Crippen LogP contribution is -2.48. The van der Waals surface area contributed by atoms with Crippen molar-refractivity contribution in [3.05, 3.63) is 75.3 Å². The molecule has 2 aromatic carbocycles. The summed E-state index contributed by atoms with van der Waals surface area (Å²) in [6.45, 7) is 7.29. The van der Waals surface area contributed by atoms with Crippen LogP contribution in [0.15, 0.2) is 47.3 Å². The van der Waals surface area contributed by atoms with E-state index in [-0.39, 0.29) is 18.4 Å². The molecule has 0 bridgehead atoms. The molecule has 2 aliphatic rings. The van der Waals surface area contributed by atoms with Crippen LogP contribution in [0.25, 0.3) is 10.9 Å². The van der Waals surface area contributed by atoms with Gasteiger partial charge in [-0.3, -0.25) is 14.6 Å². The average molecular weight is 518 g/mol. The predicted octanol–water partition coefficient (Wildman–Crippen LogP) is 2.11. The first-order valence-electron chi connectivity index (χ1n) is 12.8. The van der Waals surface area contributed by atoms with Crippen LogP contribution in [0.1, 0.15) is 28.6 Å². The smallest absolute Gasteiger partial charge is 0.253 e. The highest BCUT2D eigenvalue weighted by atomic mass is 16.7. The van der Waals surface area contributed by atoms with Gasteiger partial charge in [0.25, 0.3) is 5.56 Å². The van der Waals surface area contributed by atoms with Gasteiger partial charge in [-0.1, -0.05) is 18.2 Å². The van der Waals surface area contributed by atoms with E-state index in [1.54, 1.807) is 11.8 Å². The Bertz CT molecular complexity index is 1490. The van der Waals surface area contributed by atoms with Crippen molar-refractivity contribution in [1.82, 2.24) is 35.0 Å². The zero-order chi connectivity index (χ0) is 26.1. The highest BCUT2D eigenvalue weighted by molar-refractivity contribution is 5.79. The monoisotopic (exact) mass is 517 g/mol. The normalized spacial score (nSPS) is 16.8. The van der Waals surface area contributed by atoms with Gasteiger partial charge in [0.1, 0.15) is 6.04 Å². The van der Waals surface area contributed by atoms with Crippen molar-refractivity contribution < 1.29 is 14.2 Å². The minimum Gasteiger partial charge on any atom is -0.454 e. The molecule has 1 unspecified atom stereocenters. The Hall–Kier alpha value is -3.80. The molecular weight excluding hydrogens is 486 g/mol. The molecule has 0 radical (unpaired) electrons. The summed E-state index contributed by atoms with van der Waals surface area (Å²) in [5.41, 5.74) is 3.62. The molecule has 4 aromatic rings. The molecule has 1 fully saturated rings. The molecule has 1 saturated heterocycles. The average Bonchev–Trinajstić information content (AvgIpc) is 3.58. The lowest BCUT2D eigenvalue weighted by atomic mass is 10.0. The van der Waals surface area contributed by atoms with Crippen molar-refractivity contribution in [3.8, 4) is 11.5 Å². The maximum Gasteiger partial charge on any atom is 0.253 e. The quantitative estimate of drug-likeness (QED) is 0.376. The SMILES string of the molecule is COCCn1nnnc1C(c1cc2ccc(C)cc2[nH]c1=O)N1CCN(Cc2ccc3c(c2)OCO3)CC1. The van der Waals surface area contributed by atoms with Crippen LogP contribution in [0.5, 0.6) is 11.5 Å². The van der Waals surface area contributed by atoms with Gasteiger partial charge in [0.2, 0.25) is 6.79 Å². The second kappa shape index (κ2) is 10.5. The lowest BCUT2D eigenvalue weighted by Gasteiger charge is -2.38. The van der Waals surface area contributed by atoms with Crippen LogP contribution < -0.4 is 15.0 Å². The standard InChI is InChI=1S/C27H31N7O4/c1-18-3-5-20-15-21(27(35)28-22(20)13-18)25(26-29-30-31-34(26)11-12-36-2)33-9-7-32(8-10-33)16-19-4-6-23-24(14-19)38-17-37-23/h3-6,13-15,25H,7-12,16-17H2,1-2H3,(H,28,35). The summed E-state index contributed by atoms with van der Waals surface area (Å²) in [4.78, 5) is 21.2. The number of nitrogens with zero attached hydrogens (tertiary/aromatic N) is 6. The van der Waals surface area contributed by atoms with Gasteiger partial charge < -0.3 is 19.2 Å². The summed E-state index contributed by atoms with van der Waals surface area (Å²) in [5, 5.41) is 13.5. The Morgan fingerprint density at radius 3 is 2.74 bits per heavy atom. The molecule has 0 aliphatic carbocycles. The van der Waals surface area contributed by atoms with Crippen LogP contribution in [0.4, 0.5) is 0 Å². The summed E-state index contributed by atoms with van der Waals surface area (Å²) in [7, 11) is 1.65. The molecule has 11 nitrogen and oxygen atoms in total. The topological polar surface area (TPSA) is 111 Å². The van der Waals surface area contributed by atoms with E-state index in [9.17, 15) is 4.79 Å². The van der Waals surface area contributed by atoms with Crippen molar-refractivity contribution in [2.24, 2.45) is 0 Å². The molecule has 0 spiro atoms. The van der Waals surface area contributed by atoms with Gasteiger partial charge in [-0.15, -0.1) is 5.10 Å². The minimum atomic E-state index is -0.385. The molecule has 2 aromatic heterocycles. The summed E-state index contributed by atoms with van der Waals surface area (Å²) < 4.78 is 18.0. The van der Waals surface area contributed by atoms with Crippen molar-refractivity contribution in [2.75, 3.05) is 46.7 Å². The van der Waals surface area contributed by atoms with Gasteiger partial charge in [0.15, 0.2) is 17.3 Å². The van der Waals surface area contributed by atoms with E-state index in [2.05, 4.69) is 48.5 Å². The maximum atomic E-state index is 13.4. The van der Waals surface area contributed by atoms with E-state index in [4.69, 9.17) is 14.2 Å². The van der Waals surface area contributed by atoms with Crippen LogP contribution in [0, 0.1) is 6.92 Å².